The molecule has 0 atom stereocenters. The van der Waals surface area contributed by atoms with Crippen LogP contribution in [0, 0.1) is 11.8 Å². The molecular weight excluding hydrogens is 200 g/mol. The molecule has 0 saturated carbocycles. The summed E-state index contributed by atoms with van der Waals surface area (Å²) in [6.07, 6.45) is 0. The minimum absolute atomic E-state index is 0.0427. The summed E-state index contributed by atoms with van der Waals surface area (Å²) >= 11 is 5.38. The van der Waals surface area contributed by atoms with E-state index in [1.807, 2.05) is 0 Å². The number of hydrogen-bond donors (Lipinski definition) is 1. The molecule has 0 saturated heterocycles. The summed E-state index contributed by atoms with van der Waals surface area (Å²) in [7, 11) is 0. The summed E-state index contributed by atoms with van der Waals surface area (Å²) in [4.78, 5) is 11.0. The van der Waals surface area contributed by atoms with Crippen LogP contribution in [0.5, 0.6) is 5.75 Å². The average Bonchev–Trinajstić information content (AvgIpc) is 2.14. The molecule has 72 valence electrons. The van der Waals surface area contributed by atoms with Crippen LogP contribution in [0.1, 0.15) is 22.8 Å². The Morgan fingerprint density at radius 3 is 2.79 bits per heavy atom. The Hall–Kier alpha value is -1.46. The highest BCUT2D eigenvalue weighted by atomic mass is 35.5. The monoisotopic (exact) mass is 208 g/mol. The number of Topliss-reactive ketones (excluding diaryl/α,β-unsaturated/α-hetero) is 1. The minimum Gasteiger partial charge on any atom is -0.507 e. The second-order valence-electron chi connectivity index (χ2n) is 2.72. The van der Waals surface area contributed by atoms with Crippen LogP contribution in [-0.4, -0.2) is 16.8 Å². The molecule has 0 unspecified atom stereocenters. The van der Waals surface area contributed by atoms with E-state index in [4.69, 9.17) is 11.6 Å². The van der Waals surface area contributed by atoms with E-state index in [1.165, 1.54) is 13.0 Å². The Kier molecular flexibility index (Phi) is 3.55. The lowest BCUT2D eigenvalue weighted by molar-refractivity contribution is 0.101. The predicted octanol–water partition coefficient (Wildman–Crippen LogP) is 2.19. The highest BCUT2D eigenvalue weighted by molar-refractivity contribution is 6.19. The number of hydrogen-bond acceptors (Lipinski definition) is 2. The second-order valence-corrected chi connectivity index (χ2v) is 2.99. The largest absolute Gasteiger partial charge is 0.507 e. The van der Waals surface area contributed by atoms with Crippen molar-refractivity contribution in [2.45, 2.75) is 6.92 Å². The fraction of sp³-hybridized carbons (Fsp3) is 0.182. The third-order valence-corrected chi connectivity index (χ3v) is 1.81. The van der Waals surface area contributed by atoms with Crippen molar-refractivity contribution in [2.75, 3.05) is 5.88 Å². The summed E-state index contributed by atoms with van der Waals surface area (Å²) < 4.78 is 0. The summed E-state index contributed by atoms with van der Waals surface area (Å²) in [5.41, 5.74) is 0.953. The van der Waals surface area contributed by atoms with E-state index in [2.05, 4.69) is 11.8 Å². The predicted molar refractivity (Wildman–Crippen MR) is 55.7 cm³/mol. The van der Waals surface area contributed by atoms with Gasteiger partial charge in [-0.25, -0.2) is 0 Å². The van der Waals surface area contributed by atoms with Gasteiger partial charge >= 0.3 is 0 Å². The molecule has 3 heteroatoms. The van der Waals surface area contributed by atoms with Gasteiger partial charge in [-0.15, -0.1) is 11.6 Å². The topological polar surface area (TPSA) is 37.3 Å². The van der Waals surface area contributed by atoms with Gasteiger partial charge in [0.2, 0.25) is 0 Å². The molecule has 2 nitrogen and oxygen atoms in total. The number of alkyl halides is 1. The van der Waals surface area contributed by atoms with Crippen molar-refractivity contribution in [3.05, 3.63) is 29.3 Å². The standard InChI is InChI=1S/C11H9ClO2/c1-8(13)10-5-4-9(3-2-6-12)7-11(10)14/h4-5,7,14H,6H2,1H3. The summed E-state index contributed by atoms with van der Waals surface area (Å²) in [5.74, 6) is 5.44. The van der Waals surface area contributed by atoms with Crippen LogP contribution in [0.15, 0.2) is 18.2 Å². The van der Waals surface area contributed by atoms with Gasteiger partial charge in [-0.2, -0.15) is 0 Å². The molecule has 0 aliphatic carbocycles. The fourth-order valence-corrected chi connectivity index (χ4v) is 1.11. The van der Waals surface area contributed by atoms with E-state index in [0.29, 0.717) is 11.1 Å². The molecule has 0 heterocycles. The SMILES string of the molecule is CC(=O)c1ccc(C#CCCl)cc1O. The van der Waals surface area contributed by atoms with Crippen molar-refractivity contribution in [1.29, 1.82) is 0 Å². The lowest BCUT2D eigenvalue weighted by Crippen LogP contribution is -1.92. The number of rotatable bonds is 1. The van der Waals surface area contributed by atoms with Gasteiger partial charge < -0.3 is 5.11 Å². The molecule has 0 aromatic heterocycles. The van der Waals surface area contributed by atoms with Gasteiger partial charge in [0.1, 0.15) is 5.75 Å². The van der Waals surface area contributed by atoms with Crippen LogP contribution in [0.2, 0.25) is 0 Å². The third-order valence-electron chi connectivity index (χ3n) is 1.68. The van der Waals surface area contributed by atoms with Crippen LogP contribution in [0.4, 0.5) is 0 Å². The number of carbonyl (C=O) groups excluding carboxylic acids is 1. The Balaban J connectivity index is 3.06. The first-order chi connectivity index (χ1) is 6.65. The summed E-state index contributed by atoms with van der Waals surface area (Å²) in [6, 6.07) is 4.68. The van der Waals surface area contributed by atoms with E-state index in [1.54, 1.807) is 12.1 Å². The Labute approximate surface area is 87.5 Å². The van der Waals surface area contributed by atoms with Crippen molar-refractivity contribution in [1.82, 2.24) is 0 Å². The van der Waals surface area contributed by atoms with Gasteiger partial charge in [0.05, 0.1) is 11.4 Å². The first-order valence-corrected chi connectivity index (χ1v) is 4.57. The Bertz CT molecular complexity index is 413. The van der Waals surface area contributed by atoms with Gasteiger partial charge in [-0.1, -0.05) is 11.8 Å². The zero-order chi connectivity index (χ0) is 10.6. The molecule has 1 aromatic carbocycles. The molecule has 1 N–H and O–H groups in total. The molecule has 1 aromatic rings. The van der Waals surface area contributed by atoms with Crippen LogP contribution < -0.4 is 0 Å². The molecule has 0 spiro atoms. The normalized spacial score (nSPS) is 9.00. The number of phenolic OH excluding ortho intramolecular Hbond substituents is 1. The highest BCUT2D eigenvalue weighted by Crippen LogP contribution is 2.18. The smallest absolute Gasteiger partial charge is 0.163 e. The highest BCUT2D eigenvalue weighted by Gasteiger charge is 2.05. The Morgan fingerprint density at radius 2 is 2.29 bits per heavy atom. The van der Waals surface area contributed by atoms with Crippen LogP contribution in [-0.2, 0) is 0 Å². The fourth-order valence-electron chi connectivity index (χ4n) is 1.04. The maximum atomic E-state index is 11.0. The van der Waals surface area contributed by atoms with Crippen LogP contribution in [0.25, 0.3) is 0 Å². The number of ketones is 1. The number of halogens is 1. The molecule has 1 rings (SSSR count). The molecule has 0 fully saturated rings. The maximum absolute atomic E-state index is 11.0. The maximum Gasteiger partial charge on any atom is 0.163 e. The average molecular weight is 209 g/mol. The van der Waals surface area contributed by atoms with Crippen molar-refractivity contribution >= 4 is 17.4 Å². The molecule has 0 aliphatic rings. The molecular formula is C11H9ClO2. The third kappa shape index (κ3) is 2.51. The first-order valence-electron chi connectivity index (χ1n) is 4.04. The van der Waals surface area contributed by atoms with Crippen molar-refractivity contribution in [3.63, 3.8) is 0 Å². The number of phenols is 1. The molecule has 0 aliphatic heterocycles. The van der Waals surface area contributed by atoms with Crippen molar-refractivity contribution in [3.8, 4) is 17.6 Å². The summed E-state index contributed by atoms with van der Waals surface area (Å²) in [5, 5.41) is 9.44. The quantitative estimate of drug-likeness (QED) is 0.436. The van der Waals surface area contributed by atoms with Gasteiger partial charge in [-0.05, 0) is 25.1 Å². The molecule has 14 heavy (non-hydrogen) atoms. The van der Waals surface area contributed by atoms with Gasteiger partial charge in [0.15, 0.2) is 5.78 Å². The zero-order valence-corrected chi connectivity index (χ0v) is 8.43. The number of benzene rings is 1. The van der Waals surface area contributed by atoms with E-state index in [0.717, 1.165) is 0 Å². The number of carbonyl (C=O) groups is 1. The van der Waals surface area contributed by atoms with Gasteiger partial charge in [0, 0.05) is 5.56 Å². The van der Waals surface area contributed by atoms with E-state index in [-0.39, 0.29) is 17.4 Å². The van der Waals surface area contributed by atoms with E-state index in [9.17, 15) is 9.90 Å². The van der Waals surface area contributed by atoms with E-state index < -0.39 is 0 Å². The van der Waals surface area contributed by atoms with Gasteiger partial charge in [0.25, 0.3) is 0 Å². The second kappa shape index (κ2) is 4.69. The van der Waals surface area contributed by atoms with Crippen LogP contribution >= 0.6 is 11.6 Å². The zero-order valence-electron chi connectivity index (χ0n) is 7.67. The van der Waals surface area contributed by atoms with Crippen molar-refractivity contribution < 1.29 is 9.90 Å². The van der Waals surface area contributed by atoms with Crippen LogP contribution in [0.3, 0.4) is 0 Å². The van der Waals surface area contributed by atoms with Crippen molar-refractivity contribution in [2.24, 2.45) is 0 Å². The number of aromatic hydroxyl groups is 1. The molecule has 0 bridgehead atoms. The molecule has 0 amide bonds. The Morgan fingerprint density at radius 1 is 1.57 bits per heavy atom. The summed E-state index contributed by atoms with van der Waals surface area (Å²) in [6.45, 7) is 1.40. The minimum atomic E-state index is -0.167. The molecule has 0 radical (unpaired) electrons. The first kappa shape index (κ1) is 10.6. The van der Waals surface area contributed by atoms with E-state index >= 15 is 0 Å². The lowest BCUT2D eigenvalue weighted by Gasteiger charge is -1.99. The van der Waals surface area contributed by atoms with Gasteiger partial charge in [-0.3, -0.25) is 4.79 Å². The lowest BCUT2D eigenvalue weighted by atomic mass is 10.1.